The highest BCUT2D eigenvalue weighted by Crippen LogP contribution is 2.55. The number of carbonyl (C=O) groups is 2. The second-order valence-corrected chi connectivity index (χ2v) is 19.0. The second-order valence-electron chi connectivity index (χ2n) is 19.0. The van der Waals surface area contributed by atoms with Crippen molar-refractivity contribution in [3.05, 3.63) is 346 Å². The molecule has 10 aromatic rings. The van der Waals surface area contributed by atoms with Crippen molar-refractivity contribution >= 4 is 45.0 Å². The van der Waals surface area contributed by atoms with Gasteiger partial charge in [0.15, 0.2) is 11.6 Å². The summed E-state index contributed by atoms with van der Waals surface area (Å²) < 4.78 is 6.61. The third kappa shape index (κ3) is 9.94. The predicted octanol–water partition coefficient (Wildman–Crippen LogP) is 16.4. The van der Waals surface area contributed by atoms with Crippen molar-refractivity contribution < 1.29 is 14.3 Å². The molecule has 3 nitrogen and oxygen atoms in total. The van der Waals surface area contributed by atoms with E-state index >= 15 is 9.59 Å². The van der Waals surface area contributed by atoms with E-state index in [0.717, 1.165) is 83.5 Å². The van der Waals surface area contributed by atoms with E-state index in [2.05, 4.69) is 72.2 Å². The third-order valence-electron chi connectivity index (χ3n) is 14.2. The third-order valence-corrected chi connectivity index (χ3v) is 14.2. The van der Waals surface area contributed by atoms with Crippen LogP contribution in [-0.2, 0) is 9.59 Å². The molecule has 0 radical (unpaired) electrons. The fraction of sp³-hybridized carbons (Fsp3) is 0.0270. The van der Waals surface area contributed by atoms with Crippen LogP contribution in [0.1, 0.15) is 78.6 Å². The minimum atomic E-state index is -0.454. The molecule has 0 heterocycles. The Bertz CT molecular complexity index is 4000. The molecule has 362 valence electrons. The highest BCUT2D eigenvalue weighted by atomic mass is 16.5. The number of allylic oxidation sites excluding steroid dienone is 6. The van der Waals surface area contributed by atoms with Crippen LogP contribution in [0, 0.1) is 23.7 Å². The van der Waals surface area contributed by atoms with Gasteiger partial charge in [0, 0.05) is 56.0 Å². The van der Waals surface area contributed by atoms with E-state index in [-0.39, 0.29) is 17.5 Å². The van der Waals surface area contributed by atoms with Gasteiger partial charge in [0.05, 0.1) is 5.92 Å². The molecule has 0 saturated heterocycles. The number of ketones is 2. The maximum Gasteiger partial charge on any atom is 0.195 e. The van der Waals surface area contributed by atoms with Crippen LogP contribution in [0.4, 0.5) is 0 Å². The number of hydrogen-bond acceptors (Lipinski definition) is 3. The maximum absolute atomic E-state index is 15.1. The first-order chi connectivity index (χ1) is 38.0. The van der Waals surface area contributed by atoms with Gasteiger partial charge in [-0.3, -0.25) is 9.59 Å². The standard InChI is InChI=1S/C74H48O3/c75-73-69(57-27-15-5-16-28-57)67(65(55-23-11-3-12-24-55)71(73)61-39-35-53(36-40-61)33-31-51-19-7-1-8-20-51)59-43-47-63(48-44-59)77-64-49-45-60(46-50-64)68-66(56-25-13-4-14-26-56)72(74(76)70(68)58-29-17-6-18-30-58)62-41-37-54(38-42-62)34-32-52-21-9-2-10-22-52/h1-30,35-50,67,69H. The molecule has 2 aliphatic rings. The van der Waals surface area contributed by atoms with Crippen molar-refractivity contribution in [1.29, 1.82) is 0 Å². The molecule has 0 spiro atoms. The van der Waals surface area contributed by atoms with Gasteiger partial charge in [-0.05, 0) is 123 Å². The van der Waals surface area contributed by atoms with Crippen LogP contribution >= 0.6 is 0 Å². The summed E-state index contributed by atoms with van der Waals surface area (Å²) in [5, 5.41) is 0. The zero-order valence-electron chi connectivity index (χ0n) is 41.9. The predicted molar refractivity (Wildman–Crippen MR) is 312 cm³/mol. The second kappa shape index (κ2) is 21.6. The van der Waals surface area contributed by atoms with Crippen molar-refractivity contribution in [2.45, 2.75) is 11.8 Å². The molecule has 0 aromatic heterocycles. The van der Waals surface area contributed by atoms with E-state index in [1.807, 2.05) is 231 Å². The van der Waals surface area contributed by atoms with Crippen molar-refractivity contribution in [2.24, 2.45) is 0 Å². The first-order valence-corrected chi connectivity index (χ1v) is 25.8. The number of hydrogen-bond donors (Lipinski definition) is 0. The molecule has 0 fully saturated rings. The maximum atomic E-state index is 15.1. The highest BCUT2D eigenvalue weighted by molar-refractivity contribution is 6.59. The molecular formula is C74H48O3. The average molecular weight is 985 g/mol. The summed E-state index contributed by atoms with van der Waals surface area (Å²) in [6.45, 7) is 0. The molecule has 2 aliphatic carbocycles. The van der Waals surface area contributed by atoms with E-state index in [1.165, 1.54) is 0 Å². The zero-order valence-corrected chi connectivity index (χ0v) is 41.9. The average Bonchev–Trinajstić information content (AvgIpc) is 3.99. The Kier molecular flexibility index (Phi) is 13.4. The molecular weight excluding hydrogens is 937 g/mol. The monoisotopic (exact) mass is 984 g/mol. The highest BCUT2D eigenvalue weighted by Gasteiger charge is 2.44. The molecule has 77 heavy (non-hydrogen) atoms. The van der Waals surface area contributed by atoms with Crippen molar-refractivity contribution in [2.75, 3.05) is 0 Å². The number of rotatable bonds is 10. The summed E-state index contributed by atoms with van der Waals surface area (Å²) in [7, 11) is 0. The first-order valence-electron chi connectivity index (χ1n) is 25.8. The molecule has 10 aromatic carbocycles. The topological polar surface area (TPSA) is 43.4 Å². The molecule has 0 N–H and O–H groups in total. The fourth-order valence-corrected chi connectivity index (χ4v) is 10.6. The van der Waals surface area contributed by atoms with Crippen LogP contribution in [0.2, 0.25) is 0 Å². The van der Waals surface area contributed by atoms with Crippen LogP contribution < -0.4 is 4.74 Å². The van der Waals surface area contributed by atoms with Gasteiger partial charge in [-0.1, -0.05) is 230 Å². The minimum absolute atomic E-state index is 0.0354. The molecule has 0 bridgehead atoms. The quantitative estimate of drug-likeness (QED) is 0.128. The van der Waals surface area contributed by atoms with Crippen LogP contribution in [0.25, 0.3) is 33.4 Å². The van der Waals surface area contributed by atoms with Crippen LogP contribution in [0.15, 0.2) is 279 Å². The van der Waals surface area contributed by atoms with Gasteiger partial charge in [-0.25, -0.2) is 0 Å². The lowest BCUT2D eigenvalue weighted by atomic mass is 9.78. The summed E-state index contributed by atoms with van der Waals surface area (Å²) in [5.74, 6) is 13.7. The Morgan fingerprint density at radius 3 is 1.03 bits per heavy atom. The Balaban J connectivity index is 0.879. The smallest absolute Gasteiger partial charge is 0.195 e. The van der Waals surface area contributed by atoms with E-state index in [4.69, 9.17) is 4.74 Å². The van der Waals surface area contributed by atoms with Crippen LogP contribution in [0.5, 0.6) is 11.5 Å². The molecule has 2 unspecified atom stereocenters. The molecule has 0 amide bonds. The molecule has 3 heteroatoms. The van der Waals surface area contributed by atoms with Crippen molar-refractivity contribution in [3.8, 4) is 35.2 Å². The van der Waals surface area contributed by atoms with Gasteiger partial charge < -0.3 is 4.74 Å². The van der Waals surface area contributed by atoms with Gasteiger partial charge in [-0.2, -0.15) is 0 Å². The summed E-state index contributed by atoms with van der Waals surface area (Å²) in [6, 6.07) is 92.6. The molecule has 2 atom stereocenters. The largest absolute Gasteiger partial charge is 0.457 e. The van der Waals surface area contributed by atoms with Gasteiger partial charge in [-0.15, -0.1) is 0 Å². The Hall–Kier alpha value is -10.3. The molecule has 0 saturated carbocycles. The van der Waals surface area contributed by atoms with E-state index in [0.29, 0.717) is 28.2 Å². The van der Waals surface area contributed by atoms with Crippen LogP contribution in [0.3, 0.4) is 0 Å². The number of carbonyl (C=O) groups excluding carboxylic acids is 2. The SMILES string of the molecule is O=C1C(c2ccc(C#Cc3ccccc3)cc2)=C(c2ccccc2)C(c2ccc(Oc3ccc(C4C(c5ccccc5)=C(c5ccc(C#Cc6ccccc6)cc5)C(=O)C4c4ccccc4)cc3)cc2)=C1c1ccccc1. The Labute approximate surface area is 449 Å². The normalized spacial score (nSPS) is 15.0. The zero-order chi connectivity index (χ0) is 51.9. The lowest BCUT2D eigenvalue weighted by Crippen LogP contribution is -2.15. The summed E-state index contributed by atoms with van der Waals surface area (Å²) in [5.41, 5.74) is 15.7. The molecule has 0 aliphatic heterocycles. The van der Waals surface area contributed by atoms with E-state index in [1.54, 1.807) is 0 Å². The Morgan fingerprint density at radius 2 is 0.571 bits per heavy atom. The fourth-order valence-electron chi connectivity index (χ4n) is 10.6. The van der Waals surface area contributed by atoms with Gasteiger partial charge in [0.1, 0.15) is 11.5 Å². The molecule has 12 rings (SSSR count). The van der Waals surface area contributed by atoms with Crippen molar-refractivity contribution in [1.82, 2.24) is 0 Å². The van der Waals surface area contributed by atoms with Gasteiger partial charge >= 0.3 is 0 Å². The van der Waals surface area contributed by atoms with E-state index in [9.17, 15) is 0 Å². The van der Waals surface area contributed by atoms with Crippen LogP contribution in [-0.4, -0.2) is 11.6 Å². The summed E-state index contributed by atoms with van der Waals surface area (Å²) in [4.78, 5) is 30.2. The van der Waals surface area contributed by atoms with E-state index < -0.39 is 5.92 Å². The number of ether oxygens (including phenoxy) is 1. The first kappa shape index (κ1) is 47.7. The number of Topliss-reactive ketones (excluding diaryl/α,β-unsaturated/α-hetero) is 2. The lowest BCUT2D eigenvalue weighted by molar-refractivity contribution is -0.114. The minimum Gasteiger partial charge on any atom is -0.457 e. The van der Waals surface area contributed by atoms with Crippen molar-refractivity contribution in [3.63, 3.8) is 0 Å². The Morgan fingerprint density at radius 1 is 0.260 bits per heavy atom. The lowest BCUT2D eigenvalue weighted by Gasteiger charge is -2.23. The number of benzene rings is 10. The summed E-state index contributed by atoms with van der Waals surface area (Å²) in [6.07, 6.45) is 0. The van der Waals surface area contributed by atoms with Gasteiger partial charge in [0.25, 0.3) is 0 Å². The summed E-state index contributed by atoms with van der Waals surface area (Å²) >= 11 is 0. The van der Waals surface area contributed by atoms with Gasteiger partial charge in [0.2, 0.25) is 0 Å².